The van der Waals surface area contributed by atoms with Gasteiger partial charge < -0.3 is 10.1 Å². The molecule has 1 fully saturated rings. The van der Waals surface area contributed by atoms with Crippen molar-refractivity contribution < 1.29 is 4.74 Å². The van der Waals surface area contributed by atoms with Crippen LogP contribution in [0.1, 0.15) is 38.7 Å². The fourth-order valence-corrected chi connectivity index (χ4v) is 2.61. The topological polar surface area (TPSA) is 21.3 Å². The summed E-state index contributed by atoms with van der Waals surface area (Å²) >= 11 is 3.60. The van der Waals surface area contributed by atoms with E-state index in [-0.39, 0.29) is 0 Å². The van der Waals surface area contributed by atoms with Crippen molar-refractivity contribution >= 4 is 15.9 Å². The Morgan fingerprint density at radius 2 is 2.16 bits per heavy atom. The molecule has 1 aliphatic rings. The molecule has 0 aromatic heterocycles. The van der Waals surface area contributed by atoms with Gasteiger partial charge in [-0.15, -0.1) is 0 Å². The van der Waals surface area contributed by atoms with Crippen molar-refractivity contribution in [3.63, 3.8) is 0 Å². The van der Waals surface area contributed by atoms with E-state index in [0.29, 0.717) is 5.92 Å². The summed E-state index contributed by atoms with van der Waals surface area (Å²) in [5.41, 5.74) is 1.24. The number of halogens is 1. The highest BCUT2D eigenvalue weighted by Gasteiger charge is 2.21. The summed E-state index contributed by atoms with van der Waals surface area (Å²) < 4.78 is 7.05. The Bertz CT molecular complexity index is 402. The smallest absolute Gasteiger partial charge is 0.137 e. The summed E-state index contributed by atoms with van der Waals surface area (Å²) in [6.45, 7) is 7.19. The Labute approximate surface area is 125 Å². The first-order valence-electron chi connectivity index (χ1n) is 7.27. The van der Waals surface area contributed by atoms with Crippen molar-refractivity contribution in [2.75, 3.05) is 13.2 Å². The summed E-state index contributed by atoms with van der Waals surface area (Å²) in [5.74, 6) is 2.61. The molecule has 0 unspecified atom stereocenters. The van der Waals surface area contributed by atoms with E-state index < -0.39 is 0 Å². The molecule has 0 bridgehead atoms. The molecule has 3 heteroatoms. The maximum absolute atomic E-state index is 5.99. The molecule has 1 aliphatic carbocycles. The first-order chi connectivity index (χ1) is 9.16. The van der Waals surface area contributed by atoms with Crippen LogP contribution in [0, 0.1) is 11.8 Å². The molecule has 1 N–H and O–H groups in total. The minimum absolute atomic E-state index is 0.673. The van der Waals surface area contributed by atoms with E-state index in [1.54, 1.807) is 0 Å². The maximum Gasteiger partial charge on any atom is 0.137 e. The summed E-state index contributed by atoms with van der Waals surface area (Å²) in [5, 5.41) is 3.48. The van der Waals surface area contributed by atoms with Gasteiger partial charge in [-0.3, -0.25) is 0 Å². The van der Waals surface area contributed by atoms with Crippen LogP contribution in [0.4, 0.5) is 0 Å². The quantitative estimate of drug-likeness (QED) is 0.766. The second-order valence-corrected chi connectivity index (χ2v) is 6.69. The van der Waals surface area contributed by atoms with Crippen molar-refractivity contribution in [3.8, 4) is 5.75 Å². The van der Waals surface area contributed by atoms with Gasteiger partial charge in [-0.05, 0) is 46.8 Å². The highest BCUT2D eigenvalue weighted by molar-refractivity contribution is 9.10. The highest BCUT2D eigenvalue weighted by Crippen LogP contribution is 2.34. The molecule has 0 heterocycles. The molecule has 0 radical (unpaired) electrons. The molecule has 2 nitrogen and oxygen atoms in total. The molecule has 1 saturated carbocycles. The fourth-order valence-electron chi connectivity index (χ4n) is 2.08. The van der Waals surface area contributed by atoms with E-state index in [1.165, 1.54) is 24.8 Å². The van der Waals surface area contributed by atoms with E-state index in [0.717, 1.165) is 35.8 Å². The van der Waals surface area contributed by atoms with Crippen molar-refractivity contribution in [1.29, 1.82) is 0 Å². The largest absolute Gasteiger partial charge is 0.492 e. The van der Waals surface area contributed by atoms with Gasteiger partial charge in [0.1, 0.15) is 5.75 Å². The summed E-state index contributed by atoms with van der Waals surface area (Å²) in [6.07, 6.45) is 3.98. The molecule has 0 spiro atoms. The Morgan fingerprint density at radius 1 is 1.37 bits per heavy atom. The Hall–Kier alpha value is -0.540. The summed E-state index contributed by atoms with van der Waals surface area (Å²) in [6, 6.07) is 6.27. The van der Waals surface area contributed by atoms with Gasteiger partial charge in [0.15, 0.2) is 0 Å². The first-order valence-corrected chi connectivity index (χ1v) is 8.07. The normalized spacial score (nSPS) is 14.9. The van der Waals surface area contributed by atoms with Crippen LogP contribution in [-0.4, -0.2) is 13.2 Å². The maximum atomic E-state index is 5.99. The van der Waals surface area contributed by atoms with Crippen molar-refractivity contribution in [2.45, 2.75) is 39.7 Å². The second-order valence-electron chi connectivity index (χ2n) is 5.83. The van der Waals surface area contributed by atoms with Gasteiger partial charge in [0.2, 0.25) is 0 Å². The van der Waals surface area contributed by atoms with Gasteiger partial charge in [-0.2, -0.15) is 0 Å². The summed E-state index contributed by atoms with van der Waals surface area (Å²) in [4.78, 5) is 0. The average Bonchev–Trinajstić information content (AvgIpc) is 3.16. The molecule has 0 amide bonds. The monoisotopic (exact) mass is 325 g/mol. The zero-order valence-corrected chi connectivity index (χ0v) is 13.5. The predicted molar refractivity (Wildman–Crippen MR) is 83.5 cm³/mol. The number of rotatable bonds is 8. The lowest BCUT2D eigenvalue weighted by Crippen LogP contribution is -2.19. The van der Waals surface area contributed by atoms with Gasteiger partial charge >= 0.3 is 0 Å². The summed E-state index contributed by atoms with van der Waals surface area (Å²) in [7, 11) is 0. The van der Waals surface area contributed by atoms with Crippen molar-refractivity contribution in [2.24, 2.45) is 11.8 Å². The van der Waals surface area contributed by atoms with Crippen LogP contribution >= 0.6 is 15.9 Å². The van der Waals surface area contributed by atoms with Crippen LogP contribution in [0.15, 0.2) is 22.7 Å². The number of benzene rings is 1. The van der Waals surface area contributed by atoms with Gasteiger partial charge in [-0.25, -0.2) is 0 Å². The first kappa shape index (κ1) is 14.9. The number of para-hydroxylation sites is 1. The van der Waals surface area contributed by atoms with Crippen LogP contribution in [0.5, 0.6) is 5.75 Å². The SMILES string of the molecule is CC(C)CNCc1cccc(Br)c1OCCC1CC1. The molecule has 19 heavy (non-hydrogen) atoms. The number of hydrogen-bond acceptors (Lipinski definition) is 2. The molecule has 1 aromatic rings. The van der Waals surface area contributed by atoms with Crippen LogP contribution in [0.25, 0.3) is 0 Å². The van der Waals surface area contributed by atoms with Crippen LogP contribution in [0.3, 0.4) is 0 Å². The van der Waals surface area contributed by atoms with E-state index in [1.807, 2.05) is 0 Å². The van der Waals surface area contributed by atoms with Crippen LogP contribution in [0.2, 0.25) is 0 Å². The second kappa shape index (κ2) is 7.30. The molecule has 0 aliphatic heterocycles. The number of nitrogens with one attached hydrogen (secondary N) is 1. The standard InChI is InChI=1S/C16H24BrNO/c1-12(2)10-18-11-14-4-3-5-15(17)16(14)19-9-8-13-6-7-13/h3-5,12-13,18H,6-11H2,1-2H3. The zero-order valence-electron chi connectivity index (χ0n) is 11.9. The third-order valence-corrected chi connectivity index (χ3v) is 4.01. The lowest BCUT2D eigenvalue weighted by atomic mass is 10.2. The van der Waals surface area contributed by atoms with Crippen molar-refractivity contribution in [1.82, 2.24) is 5.32 Å². The minimum Gasteiger partial charge on any atom is -0.492 e. The van der Waals surface area contributed by atoms with Crippen molar-refractivity contribution in [3.05, 3.63) is 28.2 Å². The van der Waals surface area contributed by atoms with E-state index in [9.17, 15) is 0 Å². The molecule has 0 saturated heterocycles. The van der Waals surface area contributed by atoms with Crippen LogP contribution < -0.4 is 10.1 Å². The van der Waals surface area contributed by atoms with Gasteiger partial charge in [0, 0.05) is 12.1 Å². The molecular weight excluding hydrogens is 302 g/mol. The zero-order chi connectivity index (χ0) is 13.7. The Morgan fingerprint density at radius 3 is 2.84 bits per heavy atom. The predicted octanol–water partition coefficient (Wildman–Crippen LogP) is 4.37. The van der Waals surface area contributed by atoms with E-state index in [2.05, 4.69) is 53.3 Å². The van der Waals surface area contributed by atoms with Gasteiger partial charge in [-0.1, -0.05) is 38.8 Å². The number of ether oxygens (including phenoxy) is 1. The van der Waals surface area contributed by atoms with E-state index >= 15 is 0 Å². The Balaban J connectivity index is 1.89. The third kappa shape index (κ3) is 5.15. The average molecular weight is 326 g/mol. The Kier molecular flexibility index (Phi) is 5.71. The lowest BCUT2D eigenvalue weighted by Gasteiger charge is -2.14. The van der Waals surface area contributed by atoms with Gasteiger partial charge in [0.05, 0.1) is 11.1 Å². The third-order valence-electron chi connectivity index (χ3n) is 3.39. The van der Waals surface area contributed by atoms with Crippen LogP contribution in [-0.2, 0) is 6.54 Å². The minimum atomic E-state index is 0.673. The molecule has 0 atom stereocenters. The highest BCUT2D eigenvalue weighted by atomic mass is 79.9. The van der Waals surface area contributed by atoms with E-state index in [4.69, 9.17) is 4.74 Å². The lowest BCUT2D eigenvalue weighted by molar-refractivity contribution is 0.297. The molecule has 2 rings (SSSR count). The molecule has 106 valence electrons. The number of hydrogen-bond donors (Lipinski definition) is 1. The van der Waals surface area contributed by atoms with Gasteiger partial charge in [0.25, 0.3) is 0 Å². The molecular formula is C16H24BrNO. The molecule has 1 aromatic carbocycles. The fraction of sp³-hybridized carbons (Fsp3) is 0.625.